The zero-order valence-corrected chi connectivity index (χ0v) is 17.0. The van der Waals surface area contributed by atoms with Crippen LogP contribution >= 0.6 is 22.9 Å². The minimum Gasteiger partial charge on any atom is -0.280 e. The molecular weight excluding hydrogens is 392 g/mol. The molecule has 0 spiro atoms. The smallest absolute Gasteiger partial charge is 0.263 e. The van der Waals surface area contributed by atoms with E-state index >= 15 is 0 Å². The fourth-order valence-corrected chi connectivity index (χ4v) is 4.70. The molecule has 1 aliphatic carbocycles. The lowest BCUT2D eigenvalue weighted by atomic mass is 10.0. The van der Waals surface area contributed by atoms with E-state index in [1.165, 1.54) is 17.7 Å². The van der Waals surface area contributed by atoms with Crippen LogP contribution in [0.4, 0.5) is 5.13 Å². The van der Waals surface area contributed by atoms with Gasteiger partial charge in [-0.15, -0.1) is 17.9 Å². The van der Waals surface area contributed by atoms with Gasteiger partial charge in [-0.2, -0.15) is 5.10 Å². The summed E-state index contributed by atoms with van der Waals surface area (Å²) in [5, 5.41) is 5.78. The van der Waals surface area contributed by atoms with Crippen LogP contribution in [0.2, 0.25) is 5.02 Å². The number of nitrogens with zero attached hydrogens (tertiary/aromatic N) is 4. The number of amides is 1. The molecule has 5 nitrogen and oxygen atoms in total. The van der Waals surface area contributed by atoms with Crippen LogP contribution in [0, 0.1) is 0 Å². The number of halogens is 1. The van der Waals surface area contributed by atoms with Gasteiger partial charge >= 0.3 is 0 Å². The van der Waals surface area contributed by atoms with Gasteiger partial charge in [-0.1, -0.05) is 35.9 Å². The Morgan fingerprint density at radius 3 is 2.93 bits per heavy atom. The number of aromatic nitrogens is 3. The Hall–Kier alpha value is -2.44. The van der Waals surface area contributed by atoms with Crippen molar-refractivity contribution in [3.05, 3.63) is 76.0 Å². The molecule has 1 aromatic carbocycles. The highest BCUT2D eigenvalue weighted by Gasteiger charge is 2.24. The van der Waals surface area contributed by atoms with E-state index in [4.69, 9.17) is 16.6 Å². The molecule has 0 saturated carbocycles. The number of thiazole rings is 1. The third-order valence-electron chi connectivity index (χ3n) is 4.79. The number of aryl methyl sites for hydroxylation is 2. The molecule has 1 amide bonds. The maximum absolute atomic E-state index is 13.1. The molecule has 0 radical (unpaired) electrons. The summed E-state index contributed by atoms with van der Waals surface area (Å²) in [6, 6.07) is 7.63. The van der Waals surface area contributed by atoms with Gasteiger partial charge in [0.05, 0.1) is 24.0 Å². The van der Waals surface area contributed by atoms with Crippen molar-refractivity contribution in [3.63, 3.8) is 0 Å². The van der Waals surface area contributed by atoms with E-state index in [9.17, 15) is 4.79 Å². The van der Waals surface area contributed by atoms with E-state index < -0.39 is 0 Å². The van der Waals surface area contributed by atoms with Crippen molar-refractivity contribution in [1.29, 1.82) is 0 Å². The first-order chi connectivity index (χ1) is 13.7. The highest BCUT2D eigenvalue weighted by atomic mass is 35.5. The maximum Gasteiger partial charge on any atom is 0.263 e. The summed E-state index contributed by atoms with van der Waals surface area (Å²) in [5.41, 5.74) is 2.63. The zero-order chi connectivity index (χ0) is 19.5. The Balaban J connectivity index is 1.56. The number of carbonyl (C=O) groups excluding carboxylic acids is 1. The predicted octanol–water partition coefficient (Wildman–Crippen LogP) is 4.75. The van der Waals surface area contributed by atoms with Gasteiger partial charge in [0.2, 0.25) is 0 Å². The highest BCUT2D eigenvalue weighted by molar-refractivity contribution is 7.16. The van der Waals surface area contributed by atoms with Gasteiger partial charge in [-0.05, 0) is 37.3 Å². The molecule has 144 valence electrons. The van der Waals surface area contributed by atoms with Crippen molar-refractivity contribution in [1.82, 2.24) is 14.8 Å². The quantitative estimate of drug-likeness (QED) is 0.549. The summed E-state index contributed by atoms with van der Waals surface area (Å²) in [4.78, 5) is 20.9. The molecule has 0 fully saturated rings. The number of rotatable bonds is 6. The minimum atomic E-state index is -0.114. The molecule has 7 heteroatoms. The van der Waals surface area contributed by atoms with E-state index in [0.717, 1.165) is 29.2 Å². The fourth-order valence-electron chi connectivity index (χ4n) is 3.35. The van der Waals surface area contributed by atoms with Crippen molar-refractivity contribution in [2.75, 3.05) is 11.4 Å². The van der Waals surface area contributed by atoms with Gasteiger partial charge < -0.3 is 0 Å². The molecule has 0 atom stereocenters. The molecule has 2 heterocycles. The Morgan fingerprint density at radius 1 is 1.32 bits per heavy atom. The maximum atomic E-state index is 13.1. The van der Waals surface area contributed by atoms with Crippen LogP contribution < -0.4 is 4.90 Å². The van der Waals surface area contributed by atoms with E-state index in [1.807, 2.05) is 24.3 Å². The molecule has 2 aromatic heterocycles. The van der Waals surface area contributed by atoms with E-state index in [1.54, 1.807) is 39.4 Å². The van der Waals surface area contributed by atoms with E-state index in [-0.39, 0.29) is 5.91 Å². The lowest BCUT2D eigenvalue weighted by Gasteiger charge is -2.17. The molecule has 0 aliphatic heterocycles. The van der Waals surface area contributed by atoms with Gasteiger partial charge in [0.1, 0.15) is 0 Å². The van der Waals surface area contributed by atoms with Crippen LogP contribution in [-0.2, 0) is 19.4 Å². The first kappa shape index (κ1) is 18.9. The van der Waals surface area contributed by atoms with Crippen LogP contribution in [0.25, 0.3) is 0 Å². The van der Waals surface area contributed by atoms with Gasteiger partial charge in [0, 0.05) is 22.6 Å². The van der Waals surface area contributed by atoms with E-state index in [0.29, 0.717) is 23.7 Å². The van der Waals surface area contributed by atoms with Gasteiger partial charge in [-0.3, -0.25) is 14.4 Å². The van der Waals surface area contributed by atoms with Crippen molar-refractivity contribution in [3.8, 4) is 0 Å². The summed E-state index contributed by atoms with van der Waals surface area (Å²) in [6.45, 7) is 4.73. The average molecular weight is 413 g/mol. The molecule has 4 rings (SSSR count). The standard InChI is InChI=1S/C21H21ClN4OS/c1-2-11-26(21-24-18-9-5-6-10-19(18)28-21)20(27)16-12-23-25(14-16)13-15-7-3-4-8-17(15)22/h2-4,7-8,12,14H,1,5-6,9-11,13H2. The van der Waals surface area contributed by atoms with Crippen LogP contribution in [0.1, 0.15) is 39.3 Å². The summed E-state index contributed by atoms with van der Waals surface area (Å²) in [7, 11) is 0. The van der Waals surface area contributed by atoms with Crippen molar-refractivity contribution in [2.45, 2.75) is 32.2 Å². The normalized spacial score (nSPS) is 13.2. The summed E-state index contributed by atoms with van der Waals surface area (Å²) >= 11 is 7.85. The molecule has 1 aliphatic rings. The number of anilines is 1. The first-order valence-corrected chi connectivity index (χ1v) is 10.5. The van der Waals surface area contributed by atoms with Gasteiger partial charge in [-0.25, -0.2) is 4.98 Å². The second-order valence-electron chi connectivity index (χ2n) is 6.80. The molecule has 28 heavy (non-hydrogen) atoms. The minimum absolute atomic E-state index is 0.114. The van der Waals surface area contributed by atoms with Crippen molar-refractivity contribution in [2.24, 2.45) is 0 Å². The molecular formula is C21H21ClN4OS. The lowest BCUT2D eigenvalue weighted by molar-refractivity contribution is 0.0989. The number of hydrogen-bond acceptors (Lipinski definition) is 4. The van der Waals surface area contributed by atoms with Crippen molar-refractivity contribution < 1.29 is 4.79 Å². The van der Waals surface area contributed by atoms with Crippen molar-refractivity contribution >= 4 is 34.0 Å². The third-order valence-corrected chi connectivity index (χ3v) is 6.34. The molecule has 0 unspecified atom stereocenters. The number of fused-ring (bicyclic) bond motifs is 1. The highest BCUT2D eigenvalue weighted by Crippen LogP contribution is 2.32. The Bertz CT molecular complexity index is 986. The molecule has 0 saturated heterocycles. The van der Waals surface area contributed by atoms with Crippen LogP contribution in [0.5, 0.6) is 0 Å². The lowest BCUT2D eigenvalue weighted by Crippen LogP contribution is -2.30. The number of hydrogen-bond donors (Lipinski definition) is 0. The SMILES string of the molecule is C=CCN(C(=O)c1cnn(Cc2ccccc2Cl)c1)c1nc2c(s1)CCCC2. The first-order valence-electron chi connectivity index (χ1n) is 9.33. The van der Waals surface area contributed by atoms with Crippen LogP contribution in [0.15, 0.2) is 49.3 Å². The molecule has 0 N–H and O–H groups in total. The zero-order valence-electron chi connectivity index (χ0n) is 15.5. The summed E-state index contributed by atoms with van der Waals surface area (Å²) in [5.74, 6) is -0.114. The van der Waals surface area contributed by atoms with E-state index in [2.05, 4.69) is 11.7 Å². The topological polar surface area (TPSA) is 51.0 Å². The second kappa shape index (κ2) is 8.29. The average Bonchev–Trinajstić information content (AvgIpc) is 3.34. The summed E-state index contributed by atoms with van der Waals surface area (Å²) in [6.07, 6.45) is 9.50. The van der Waals surface area contributed by atoms with Crippen LogP contribution in [0.3, 0.4) is 0 Å². The Morgan fingerprint density at radius 2 is 2.14 bits per heavy atom. The fraction of sp³-hybridized carbons (Fsp3) is 0.286. The molecule has 0 bridgehead atoms. The van der Waals surface area contributed by atoms with Gasteiger partial charge in [0.25, 0.3) is 5.91 Å². The second-order valence-corrected chi connectivity index (χ2v) is 8.27. The largest absolute Gasteiger partial charge is 0.280 e. The monoisotopic (exact) mass is 412 g/mol. The van der Waals surface area contributed by atoms with Crippen LogP contribution in [-0.4, -0.2) is 27.2 Å². The number of benzene rings is 1. The summed E-state index contributed by atoms with van der Waals surface area (Å²) < 4.78 is 1.73. The number of carbonyl (C=O) groups is 1. The third kappa shape index (κ3) is 3.88. The Kier molecular flexibility index (Phi) is 5.59. The Labute approximate surface area is 173 Å². The van der Waals surface area contributed by atoms with Gasteiger partial charge in [0.15, 0.2) is 5.13 Å². The predicted molar refractivity (Wildman–Crippen MR) is 113 cm³/mol. The molecule has 3 aromatic rings.